The summed E-state index contributed by atoms with van der Waals surface area (Å²) in [4.78, 5) is 34.2. The quantitative estimate of drug-likeness (QED) is 0.213. The van der Waals surface area contributed by atoms with Crippen LogP contribution < -0.4 is 10.7 Å². The van der Waals surface area contributed by atoms with Gasteiger partial charge in [-0.25, -0.2) is 5.43 Å². The molecule has 2 amide bonds. The van der Waals surface area contributed by atoms with Crippen molar-refractivity contribution in [1.82, 2.24) is 20.7 Å². The molecular formula is C23H17Cl2N5O3S2. The number of aromatic hydroxyl groups is 1. The van der Waals surface area contributed by atoms with E-state index in [4.69, 9.17) is 23.2 Å². The first kappa shape index (κ1) is 24.8. The van der Waals surface area contributed by atoms with Crippen molar-refractivity contribution in [1.29, 1.82) is 0 Å². The summed E-state index contributed by atoms with van der Waals surface area (Å²) in [5.74, 6) is -0.763. The molecule has 0 spiro atoms. The standard InChI is InChI=1S/C23H17Cl2N5O3S2/c1-12(15-11-34-21(20(15)31)13-2-3-16(24)17(25)8-13)29-30-23(33)19-5-4-18(35-19)22(32)28-10-14-9-26-6-7-27-14/h2-9,11,31H,10H2,1H3,(H,28,32)(H,30,33)/b29-12+. The second kappa shape index (κ2) is 11.0. The molecule has 0 aliphatic heterocycles. The number of halogens is 2. The average molecular weight is 546 g/mol. The lowest BCUT2D eigenvalue weighted by Gasteiger charge is -2.04. The molecule has 0 aliphatic carbocycles. The fraction of sp³-hybridized carbons (Fsp3) is 0.0870. The Morgan fingerprint density at radius 1 is 1.09 bits per heavy atom. The van der Waals surface area contributed by atoms with Gasteiger partial charge < -0.3 is 10.4 Å². The number of nitrogens with one attached hydrogen (secondary N) is 2. The highest BCUT2D eigenvalue weighted by molar-refractivity contribution is 7.16. The number of aromatic nitrogens is 2. The molecule has 3 N–H and O–H groups in total. The predicted octanol–water partition coefficient (Wildman–Crippen LogP) is 5.36. The SMILES string of the molecule is C/C(=N\NC(=O)c1ccc(C(=O)NCc2cnccn2)s1)c1csc(-c2ccc(Cl)c(Cl)c2)c1O. The summed E-state index contributed by atoms with van der Waals surface area (Å²) >= 11 is 14.4. The van der Waals surface area contributed by atoms with Crippen molar-refractivity contribution in [2.75, 3.05) is 0 Å². The van der Waals surface area contributed by atoms with Gasteiger partial charge in [-0.1, -0.05) is 29.3 Å². The van der Waals surface area contributed by atoms with E-state index in [9.17, 15) is 14.7 Å². The molecule has 0 saturated carbocycles. The highest BCUT2D eigenvalue weighted by Gasteiger charge is 2.17. The van der Waals surface area contributed by atoms with Crippen molar-refractivity contribution >= 4 is 63.4 Å². The smallest absolute Gasteiger partial charge is 0.281 e. The Labute approximate surface area is 218 Å². The number of amides is 2. The van der Waals surface area contributed by atoms with Gasteiger partial charge in [0.25, 0.3) is 11.8 Å². The van der Waals surface area contributed by atoms with Gasteiger partial charge in [0, 0.05) is 17.8 Å². The van der Waals surface area contributed by atoms with E-state index >= 15 is 0 Å². The van der Waals surface area contributed by atoms with E-state index < -0.39 is 5.91 Å². The molecule has 3 aromatic heterocycles. The van der Waals surface area contributed by atoms with Crippen LogP contribution in [0.25, 0.3) is 10.4 Å². The number of benzene rings is 1. The monoisotopic (exact) mass is 545 g/mol. The minimum atomic E-state index is -0.471. The molecule has 1 aromatic carbocycles. The minimum absolute atomic E-state index is 0.0297. The van der Waals surface area contributed by atoms with Gasteiger partial charge >= 0.3 is 0 Å². The average Bonchev–Trinajstić information content (AvgIpc) is 3.51. The van der Waals surface area contributed by atoms with E-state index in [-0.39, 0.29) is 18.2 Å². The molecule has 4 aromatic rings. The Morgan fingerprint density at radius 3 is 2.57 bits per heavy atom. The van der Waals surface area contributed by atoms with Crippen LogP contribution in [0.1, 0.15) is 37.5 Å². The molecule has 0 fully saturated rings. The van der Waals surface area contributed by atoms with Crippen LogP contribution in [0.4, 0.5) is 0 Å². The van der Waals surface area contributed by atoms with Gasteiger partial charge in [-0.3, -0.25) is 19.6 Å². The molecule has 0 radical (unpaired) electrons. The molecule has 0 bridgehead atoms. The molecule has 12 heteroatoms. The van der Waals surface area contributed by atoms with Gasteiger partial charge in [0.05, 0.1) is 54.4 Å². The molecule has 35 heavy (non-hydrogen) atoms. The van der Waals surface area contributed by atoms with E-state index in [1.54, 1.807) is 61.2 Å². The second-order valence-electron chi connectivity index (χ2n) is 7.14. The van der Waals surface area contributed by atoms with E-state index in [2.05, 4.69) is 25.8 Å². The van der Waals surface area contributed by atoms with Crippen molar-refractivity contribution in [3.05, 3.63) is 85.4 Å². The lowest BCUT2D eigenvalue weighted by Crippen LogP contribution is -2.22. The van der Waals surface area contributed by atoms with E-state index in [1.807, 2.05) is 0 Å². The number of hydrogen-bond acceptors (Lipinski definition) is 8. The largest absolute Gasteiger partial charge is 0.506 e. The zero-order valence-electron chi connectivity index (χ0n) is 18.1. The summed E-state index contributed by atoms with van der Waals surface area (Å²) in [6.45, 7) is 1.89. The maximum atomic E-state index is 12.5. The van der Waals surface area contributed by atoms with Crippen LogP contribution in [0, 0.1) is 0 Å². The number of hydrazone groups is 1. The number of nitrogens with zero attached hydrogens (tertiary/aromatic N) is 3. The molecule has 3 heterocycles. The first-order valence-corrected chi connectivity index (χ1v) is 12.5. The summed E-state index contributed by atoms with van der Waals surface area (Å²) in [6, 6.07) is 8.20. The van der Waals surface area contributed by atoms with Crippen LogP contribution in [0.5, 0.6) is 5.75 Å². The van der Waals surface area contributed by atoms with Crippen LogP contribution in [-0.2, 0) is 6.54 Å². The van der Waals surface area contributed by atoms with Crippen LogP contribution in [0.15, 0.2) is 59.4 Å². The fourth-order valence-electron chi connectivity index (χ4n) is 2.96. The lowest BCUT2D eigenvalue weighted by molar-refractivity contribution is 0.0949. The summed E-state index contributed by atoms with van der Waals surface area (Å²) in [7, 11) is 0. The number of hydrogen-bond donors (Lipinski definition) is 3. The summed E-state index contributed by atoms with van der Waals surface area (Å²) in [5, 5.41) is 20.1. The zero-order chi connectivity index (χ0) is 24.9. The second-order valence-corrected chi connectivity index (χ2v) is 9.92. The van der Waals surface area contributed by atoms with Crippen molar-refractivity contribution in [3.8, 4) is 16.2 Å². The molecule has 0 saturated heterocycles. The molecular weight excluding hydrogens is 529 g/mol. The zero-order valence-corrected chi connectivity index (χ0v) is 21.2. The van der Waals surface area contributed by atoms with Crippen molar-refractivity contribution in [3.63, 3.8) is 0 Å². The fourth-order valence-corrected chi connectivity index (χ4v) is 5.07. The van der Waals surface area contributed by atoms with E-state index in [0.29, 0.717) is 47.2 Å². The van der Waals surface area contributed by atoms with Gasteiger partial charge in [-0.2, -0.15) is 5.10 Å². The van der Waals surface area contributed by atoms with Gasteiger partial charge in [0.15, 0.2) is 0 Å². The lowest BCUT2D eigenvalue weighted by atomic mass is 10.1. The summed E-state index contributed by atoms with van der Waals surface area (Å²) in [5.41, 5.74) is 4.70. The van der Waals surface area contributed by atoms with Crippen molar-refractivity contribution in [2.24, 2.45) is 5.10 Å². The molecule has 178 valence electrons. The number of rotatable bonds is 7. The number of carbonyl (C=O) groups excluding carboxylic acids is 2. The first-order chi connectivity index (χ1) is 16.8. The van der Waals surface area contributed by atoms with Gasteiger partial charge in [-0.15, -0.1) is 22.7 Å². The highest BCUT2D eigenvalue weighted by Crippen LogP contribution is 2.40. The first-order valence-electron chi connectivity index (χ1n) is 10.1. The van der Waals surface area contributed by atoms with Crippen LogP contribution >= 0.6 is 45.9 Å². The topological polar surface area (TPSA) is 117 Å². The Balaban J connectivity index is 1.40. The molecule has 0 unspecified atom stereocenters. The highest BCUT2D eigenvalue weighted by atomic mass is 35.5. The molecule has 0 atom stereocenters. The summed E-state index contributed by atoms with van der Waals surface area (Å²) in [6.07, 6.45) is 4.66. The maximum absolute atomic E-state index is 12.5. The molecule has 8 nitrogen and oxygen atoms in total. The van der Waals surface area contributed by atoms with Crippen molar-refractivity contribution < 1.29 is 14.7 Å². The van der Waals surface area contributed by atoms with E-state index in [1.165, 1.54) is 11.3 Å². The van der Waals surface area contributed by atoms with Gasteiger partial charge in [-0.05, 0) is 36.8 Å². The van der Waals surface area contributed by atoms with Crippen LogP contribution in [0.3, 0.4) is 0 Å². The third kappa shape index (κ3) is 5.85. The number of thiophene rings is 2. The van der Waals surface area contributed by atoms with Crippen molar-refractivity contribution in [2.45, 2.75) is 13.5 Å². The Morgan fingerprint density at radius 2 is 1.86 bits per heavy atom. The Bertz CT molecular complexity index is 1420. The minimum Gasteiger partial charge on any atom is -0.506 e. The van der Waals surface area contributed by atoms with Gasteiger partial charge in [0.1, 0.15) is 5.75 Å². The molecule has 0 aliphatic rings. The van der Waals surface area contributed by atoms with E-state index in [0.717, 1.165) is 11.3 Å². The molecule has 4 rings (SSSR count). The normalized spacial score (nSPS) is 11.3. The predicted molar refractivity (Wildman–Crippen MR) is 139 cm³/mol. The summed E-state index contributed by atoms with van der Waals surface area (Å²) < 4.78 is 0. The third-order valence-electron chi connectivity index (χ3n) is 4.76. The van der Waals surface area contributed by atoms with Crippen LogP contribution in [-0.4, -0.2) is 32.6 Å². The van der Waals surface area contributed by atoms with Crippen LogP contribution in [0.2, 0.25) is 10.0 Å². The Kier molecular flexibility index (Phi) is 7.76. The third-order valence-corrected chi connectivity index (χ3v) is 7.60. The Hall–Kier alpha value is -3.31. The van der Waals surface area contributed by atoms with Gasteiger partial charge in [0.2, 0.25) is 0 Å². The number of carbonyl (C=O) groups is 2. The maximum Gasteiger partial charge on any atom is 0.281 e.